The van der Waals surface area contributed by atoms with E-state index >= 15 is 0 Å². The third-order valence-electron chi connectivity index (χ3n) is 5.91. The SMILES string of the molecule is Cc1cccc(NC(=O)c2sc3nc(-c4ccccc4)cc(-c4ccccc4)c3c2N)c1C. The molecule has 1 amide bonds. The first-order valence-corrected chi connectivity index (χ1v) is 11.6. The van der Waals surface area contributed by atoms with Gasteiger partial charge in [0.2, 0.25) is 0 Å². The van der Waals surface area contributed by atoms with Crippen LogP contribution >= 0.6 is 11.3 Å². The van der Waals surface area contributed by atoms with Crippen LogP contribution in [0.1, 0.15) is 20.8 Å². The van der Waals surface area contributed by atoms with Gasteiger partial charge in [0.25, 0.3) is 5.91 Å². The predicted octanol–water partition coefficient (Wildman–Crippen LogP) is 7.08. The van der Waals surface area contributed by atoms with E-state index in [1.54, 1.807) is 0 Å². The number of nitrogen functional groups attached to an aromatic ring is 1. The summed E-state index contributed by atoms with van der Waals surface area (Å²) in [5.41, 5.74) is 13.9. The molecule has 0 atom stereocenters. The number of anilines is 2. The summed E-state index contributed by atoms with van der Waals surface area (Å²) in [6, 6.07) is 28.1. The first-order chi connectivity index (χ1) is 16.0. The molecule has 0 fully saturated rings. The zero-order valence-electron chi connectivity index (χ0n) is 18.4. The standard InChI is InChI=1S/C28H23N3OS/c1-17-10-9-15-22(18(17)2)30-27(32)26-25(29)24-21(19-11-5-3-6-12-19)16-23(31-28(24)33-26)20-13-7-4-8-14-20/h3-16H,29H2,1-2H3,(H,30,32). The van der Waals surface area contributed by atoms with Gasteiger partial charge in [0.05, 0.1) is 11.4 Å². The summed E-state index contributed by atoms with van der Waals surface area (Å²) < 4.78 is 0. The Morgan fingerprint density at radius 1 is 0.879 bits per heavy atom. The Morgan fingerprint density at radius 3 is 2.24 bits per heavy atom. The number of nitrogens with two attached hydrogens (primary N) is 1. The Bertz CT molecular complexity index is 1470. The number of amides is 1. The largest absolute Gasteiger partial charge is 0.397 e. The number of nitrogens with zero attached hydrogens (tertiary/aromatic N) is 1. The van der Waals surface area contributed by atoms with E-state index in [4.69, 9.17) is 10.7 Å². The monoisotopic (exact) mass is 449 g/mol. The number of fused-ring (bicyclic) bond motifs is 1. The van der Waals surface area contributed by atoms with E-state index in [-0.39, 0.29) is 5.91 Å². The number of hydrogen-bond donors (Lipinski definition) is 2. The summed E-state index contributed by atoms with van der Waals surface area (Å²) in [5, 5.41) is 3.86. The molecule has 0 aliphatic carbocycles. The lowest BCUT2D eigenvalue weighted by molar-refractivity contribution is 0.103. The predicted molar refractivity (Wildman–Crippen MR) is 139 cm³/mol. The van der Waals surface area contributed by atoms with E-state index in [0.717, 1.165) is 49.4 Å². The van der Waals surface area contributed by atoms with Gasteiger partial charge in [0.1, 0.15) is 9.71 Å². The lowest BCUT2D eigenvalue weighted by atomic mass is 9.99. The Morgan fingerprint density at radius 2 is 1.55 bits per heavy atom. The highest BCUT2D eigenvalue weighted by Gasteiger charge is 2.22. The maximum atomic E-state index is 13.3. The number of hydrogen-bond acceptors (Lipinski definition) is 4. The van der Waals surface area contributed by atoms with Crippen LogP contribution in [-0.2, 0) is 0 Å². The van der Waals surface area contributed by atoms with Gasteiger partial charge in [0.15, 0.2) is 0 Å². The van der Waals surface area contributed by atoms with Gasteiger partial charge in [-0.25, -0.2) is 4.98 Å². The number of nitrogens with one attached hydrogen (secondary N) is 1. The van der Waals surface area contributed by atoms with E-state index < -0.39 is 0 Å². The molecule has 3 aromatic carbocycles. The van der Waals surface area contributed by atoms with Gasteiger partial charge in [-0.05, 0) is 48.2 Å². The highest BCUT2D eigenvalue weighted by atomic mass is 32.1. The van der Waals surface area contributed by atoms with Crippen molar-refractivity contribution >= 4 is 38.8 Å². The molecule has 0 aliphatic rings. The first-order valence-electron chi connectivity index (χ1n) is 10.7. The van der Waals surface area contributed by atoms with Gasteiger partial charge in [-0.3, -0.25) is 4.79 Å². The van der Waals surface area contributed by atoms with Crippen LogP contribution in [0.25, 0.3) is 32.6 Å². The number of aromatic nitrogens is 1. The second-order valence-electron chi connectivity index (χ2n) is 8.01. The lowest BCUT2D eigenvalue weighted by Crippen LogP contribution is -2.13. The van der Waals surface area contributed by atoms with Crippen LogP contribution < -0.4 is 11.1 Å². The molecular weight excluding hydrogens is 426 g/mol. The van der Waals surface area contributed by atoms with Gasteiger partial charge in [-0.1, -0.05) is 72.8 Å². The van der Waals surface area contributed by atoms with Crippen molar-refractivity contribution in [2.24, 2.45) is 0 Å². The van der Waals surface area contributed by atoms with E-state index in [0.29, 0.717) is 10.6 Å². The zero-order chi connectivity index (χ0) is 22.9. The fourth-order valence-corrected chi connectivity index (χ4v) is 4.97. The van der Waals surface area contributed by atoms with Gasteiger partial charge < -0.3 is 11.1 Å². The summed E-state index contributed by atoms with van der Waals surface area (Å²) in [4.78, 5) is 19.4. The molecule has 2 heterocycles. The number of pyridine rings is 1. The average molecular weight is 450 g/mol. The minimum absolute atomic E-state index is 0.218. The third-order valence-corrected chi connectivity index (χ3v) is 7.01. The highest BCUT2D eigenvalue weighted by Crippen LogP contribution is 2.41. The van der Waals surface area contributed by atoms with E-state index in [9.17, 15) is 4.79 Å². The molecule has 5 rings (SSSR count). The highest BCUT2D eigenvalue weighted by molar-refractivity contribution is 7.21. The smallest absolute Gasteiger partial charge is 0.267 e. The second kappa shape index (κ2) is 8.52. The number of carbonyl (C=O) groups excluding carboxylic acids is 1. The van der Waals surface area contributed by atoms with Crippen LogP contribution in [0.3, 0.4) is 0 Å². The minimum atomic E-state index is -0.218. The van der Waals surface area contributed by atoms with Gasteiger partial charge in [-0.15, -0.1) is 11.3 Å². The molecule has 33 heavy (non-hydrogen) atoms. The van der Waals surface area contributed by atoms with E-state index in [2.05, 4.69) is 23.5 Å². The van der Waals surface area contributed by atoms with Crippen LogP contribution in [0.5, 0.6) is 0 Å². The number of carbonyl (C=O) groups is 1. The lowest BCUT2D eigenvalue weighted by Gasteiger charge is -2.10. The molecule has 4 nitrogen and oxygen atoms in total. The zero-order valence-corrected chi connectivity index (χ0v) is 19.2. The summed E-state index contributed by atoms with van der Waals surface area (Å²) in [6.45, 7) is 4.03. The van der Waals surface area contributed by atoms with Gasteiger partial charge >= 0.3 is 0 Å². The van der Waals surface area contributed by atoms with Crippen molar-refractivity contribution in [2.75, 3.05) is 11.1 Å². The molecule has 0 saturated heterocycles. The van der Waals surface area contributed by atoms with Crippen molar-refractivity contribution in [3.05, 3.63) is 101 Å². The number of thiophene rings is 1. The second-order valence-corrected chi connectivity index (χ2v) is 9.01. The topological polar surface area (TPSA) is 68.0 Å². The average Bonchev–Trinajstić information content (AvgIpc) is 3.19. The minimum Gasteiger partial charge on any atom is -0.397 e. The van der Waals surface area contributed by atoms with Crippen LogP contribution in [0, 0.1) is 13.8 Å². The first kappa shape index (κ1) is 20.9. The molecule has 0 saturated carbocycles. The number of aryl methyl sites for hydroxylation is 1. The Hall–Kier alpha value is -3.96. The van der Waals surface area contributed by atoms with Crippen molar-refractivity contribution < 1.29 is 4.79 Å². The van der Waals surface area contributed by atoms with Gasteiger partial charge in [0, 0.05) is 16.6 Å². The summed E-state index contributed by atoms with van der Waals surface area (Å²) >= 11 is 1.33. The van der Waals surface area contributed by atoms with Crippen LogP contribution in [0.15, 0.2) is 84.9 Å². The maximum absolute atomic E-state index is 13.3. The normalized spacial score (nSPS) is 11.0. The van der Waals surface area contributed by atoms with Crippen LogP contribution in [-0.4, -0.2) is 10.9 Å². The molecular formula is C28H23N3OS. The number of benzene rings is 3. The molecule has 162 valence electrons. The molecule has 2 aromatic heterocycles. The molecule has 0 unspecified atom stereocenters. The fraction of sp³-hybridized carbons (Fsp3) is 0.0714. The van der Waals surface area contributed by atoms with Crippen molar-refractivity contribution in [1.82, 2.24) is 4.98 Å². The third kappa shape index (κ3) is 3.88. The van der Waals surface area contributed by atoms with Crippen LogP contribution in [0.4, 0.5) is 11.4 Å². The molecule has 5 heteroatoms. The van der Waals surface area contributed by atoms with Crippen molar-refractivity contribution in [3.8, 4) is 22.4 Å². The Labute approximate surface area is 196 Å². The van der Waals surface area contributed by atoms with Crippen molar-refractivity contribution in [3.63, 3.8) is 0 Å². The Kier molecular flexibility index (Phi) is 5.40. The molecule has 0 bridgehead atoms. The fourth-order valence-electron chi connectivity index (χ4n) is 3.96. The summed E-state index contributed by atoms with van der Waals surface area (Å²) in [6.07, 6.45) is 0. The van der Waals surface area contributed by atoms with Crippen molar-refractivity contribution in [1.29, 1.82) is 0 Å². The number of rotatable bonds is 4. The van der Waals surface area contributed by atoms with Crippen LogP contribution in [0.2, 0.25) is 0 Å². The Balaban J connectivity index is 1.67. The van der Waals surface area contributed by atoms with E-state index in [1.807, 2.05) is 80.6 Å². The molecule has 3 N–H and O–H groups in total. The quantitative estimate of drug-likeness (QED) is 0.308. The summed E-state index contributed by atoms with van der Waals surface area (Å²) in [5.74, 6) is -0.218. The molecule has 5 aromatic rings. The molecule has 0 spiro atoms. The summed E-state index contributed by atoms with van der Waals surface area (Å²) in [7, 11) is 0. The van der Waals surface area contributed by atoms with Gasteiger partial charge in [-0.2, -0.15) is 0 Å². The van der Waals surface area contributed by atoms with Crippen molar-refractivity contribution in [2.45, 2.75) is 13.8 Å². The van der Waals surface area contributed by atoms with E-state index in [1.165, 1.54) is 11.3 Å². The maximum Gasteiger partial charge on any atom is 0.267 e. The molecule has 0 radical (unpaired) electrons. The molecule has 0 aliphatic heterocycles.